The maximum absolute atomic E-state index is 5.53. The summed E-state index contributed by atoms with van der Waals surface area (Å²) in [6.45, 7) is 0. The molecule has 1 heterocycles. The molecule has 0 saturated carbocycles. The SMILES string of the molecule is S=c1[nH]c(-c2ccccc2)cn1-c1cccc2ccccc12. The van der Waals surface area contributed by atoms with Crippen LogP contribution in [0.1, 0.15) is 0 Å². The fourth-order valence-corrected chi connectivity index (χ4v) is 3.02. The molecular formula is C19H14N2S. The number of hydrogen-bond donors (Lipinski definition) is 1. The molecule has 4 aromatic rings. The van der Waals surface area contributed by atoms with Gasteiger partial charge in [0.05, 0.1) is 11.4 Å². The number of rotatable bonds is 2. The van der Waals surface area contributed by atoms with Crippen molar-refractivity contribution in [2.75, 3.05) is 0 Å². The molecule has 0 radical (unpaired) electrons. The zero-order valence-electron chi connectivity index (χ0n) is 11.9. The molecule has 2 nitrogen and oxygen atoms in total. The third-order valence-electron chi connectivity index (χ3n) is 3.83. The van der Waals surface area contributed by atoms with Crippen LogP contribution in [0.3, 0.4) is 0 Å². The second kappa shape index (κ2) is 5.28. The Balaban J connectivity index is 1.93. The van der Waals surface area contributed by atoms with Gasteiger partial charge in [-0.1, -0.05) is 66.7 Å². The summed E-state index contributed by atoms with van der Waals surface area (Å²) in [4.78, 5) is 3.30. The minimum absolute atomic E-state index is 0.704. The molecule has 1 aromatic heterocycles. The fourth-order valence-electron chi connectivity index (χ4n) is 2.76. The van der Waals surface area contributed by atoms with E-state index in [2.05, 4.69) is 65.8 Å². The zero-order valence-corrected chi connectivity index (χ0v) is 12.7. The van der Waals surface area contributed by atoms with Gasteiger partial charge >= 0.3 is 0 Å². The topological polar surface area (TPSA) is 20.7 Å². The lowest BCUT2D eigenvalue weighted by Gasteiger charge is -2.07. The number of aromatic nitrogens is 2. The molecule has 4 rings (SSSR count). The van der Waals surface area contributed by atoms with Crippen LogP contribution in [0.15, 0.2) is 79.0 Å². The van der Waals surface area contributed by atoms with Crippen molar-refractivity contribution >= 4 is 23.0 Å². The molecule has 3 aromatic carbocycles. The van der Waals surface area contributed by atoms with Crippen molar-refractivity contribution in [3.8, 4) is 16.9 Å². The maximum Gasteiger partial charge on any atom is 0.182 e. The molecule has 0 aliphatic carbocycles. The van der Waals surface area contributed by atoms with E-state index in [4.69, 9.17) is 12.2 Å². The first-order valence-electron chi connectivity index (χ1n) is 7.18. The summed E-state index contributed by atoms with van der Waals surface area (Å²) in [5, 5.41) is 2.41. The van der Waals surface area contributed by atoms with Gasteiger partial charge < -0.3 is 4.98 Å². The van der Waals surface area contributed by atoms with E-state index < -0.39 is 0 Å². The first-order valence-corrected chi connectivity index (χ1v) is 7.59. The molecule has 0 saturated heterocycles. The van der Waals surface area contributed by atoms with Crippen LogP contribution in [0.25, 0.3) is 27.7 Å². The monoisotopic (exact) mass is 302 g/mol. The largest absolute Gasteiger partial charge is 0.330 e. The van der Waals surface area contributed by atoms with Crippen LogP contribution in [-0.4, -0.2) is 9.55 Å². The van der Waals surface area contributed by atoms with E-state index in [0.717, 1.165) is 16.9 Å². The molecule has 3 heteroatoms. The summed E-state index contributed by atoms with van der Waals surface area (Å²) in [6, 6.07) is 24.9. The Hall–Kier alpha value is -2.65. The first-order chi connectivity index (χ1) is 10.8. The molecule has 0 atom stereocenters. The normalized spacial score (nSPS) is 10.9. The highest BCUT2D eigenvalue weighted by molar-refractivity contribution is 7.71. The van der Waals surface area contributed by atoms with Gasteiger partial charge in [0, 0.05) is 11.6 Å². The van der Waals surface area contributed by atoms with Gasteiger partial charge in [0.15, 0.2) is 4.77 Å². The van der Waals surface area contributed by atoms with Crippen LogP contribution in [0.5, 0.6) is 0 Å². The number of imidazole rings is 1. The molecule has 0 aliphatic heterocycles. The number of nitrogens with zero attached hydrogens (tertiary/aromatic N) is 1. The lowest BCUT2D eigenvalue weighted by molar-refractivity contribution is 1.04. The smallest absolute Gasteiger partial charge is 0.182 e. The highest BCUT2D eigenvalue weighted by Crippen LogP contribution is 2.25. The van der Waals surface area contributed by atoms with Crippen molar-refractivity contribution < 1.29 is 0 Å². The maximum atomic E-state index is 5.53. The van der Waals surface area contributed by atoms with Crippen LogP contribution < -0.4 is 0 Å². The number of H-pyrrole nitrogens is 1. The first kappa shape index (κ1) is 13.0. The van der Waals surface area contributed by atoms with Crippen molar-refractivity contribution in [2.45, 2.75) is 0 Å². The van der Waals surface area contributed by atoms with Crippen molar-refractivity contribution in [1.29, 1.82) is 0 Å². The minimum atomic E-state index is 0.704. The standard InChI is InChI=1S/C19H14N2S/c22-19-20-17(15-8-2-1-3-9-15)13-21(19)18-12-6-10-14-7-4-5-11-16(14)18/h1-13H,(H,20,22). The Morgan fingerprint density at radius 3 is 2.36 bits per heavy atom. The second-order valence-electron chi connectivity index (χ2n) is 5.21. The third kappa shape index (κ3) is 2.16. The van der Waals surface area contributed by atoms with Crippen LogP contribution in [-0.2, 0) is 0 Å². The average molecular weight is 302 g/mol. The van der Waals surface area contributed by atoms with Crippen molar-refractivity contribution in [2.24, 2.45) is 0 Å². The summed E-state index contributed by atoms with van der Waals surface area (Å²) in [5.74, 6) is 0. The van der Waals surface area contributed by atoms with Gasteiger partial charge in [-0.3, -0.25) is 4.57 Å². The summed E-state index contributed by atoms with van der Waals surface area (Å²) < 4.78 is 2.75. The average Bonchev–Trinajstić information content (AvgIpc) is 2.97. The number of hydrogen-bond acceptors (Lipinski definition) is 1. The van der Waals surface area contributed by atoms with E-state index in [-0.39, 0.29) is 0 Å². The molecule has 0 amide bonds. The summed E-state index contributed by atoms with van der Waals surface area (Å²) in [7, 11) is 0. The van der Waals surface area contributed by atoms with Crippen LogP contribution in [0.2, 0.25) is 0 Å². The molecule has 22 heavy (non-hydrogen) atoms. The number of aromatic amines is 1. The lowest BCUT2D eigenvalue weighted by atomic mass is 10.1. The molecule has 1 N–H and O–H groups in total. The lowest BCUT2D eigenvalue weighted by Crippen LogP contribution is -1.93. The van der Waals surface area contributed by atoms with Crippen LogP contribution in [0, 0.1) is 4.77 Å². The Kier molecular flexibility index (Phi) is 3.13. The van der Waals surface area contributed by atoms with E-state index in [1.165, 1.54) is 10.8 Å². The molecule has 0 unspecified atom stereocenters. The Morgan fingerprint density at radius 2 is 1.50 bits per heavy atom. The van der Waals surface area contributed by atoms with Gasteiger partial charge in [-0.25, -0.2) is 0 Å². The Labute approximate surface area is 133 Å². The van der Waals surface area contributed by atoms with Gasteiger partial charge in [0.2, 0.25) is 0 Å². The molecule has 0 bridgehead atoms. The molecule has 0 fully saturated rings. The van der Waals surface area contributed by atoms with Crippen LogP contribution in [0.4, 0.5) is 0 Å². The highest BCUT2D eigenvalue weighted by atomic mass is 32.1. The molecule has 0 aliphatic rings. The van der Waals surface area contributed by atoms with Crippen molar-refractivity contribution in [3.63, 3.8) is 0 Å². The van der Waals surface area contributed by atoms with Crippen LogP contribution >= 0.6 is 12.2 Å². The Morgan fingerprint density at radius 1 is 0.773 bits per heavy atom. The van der Waals surface area contributed by atoms with E-state index in [9.17, 15) is 0 Å². The highest BCUT2D eigenvalue weighted by Gasteiger charge is 2.07. The van der Waals surface area contributed by atoms with E-state index >= 15 is 0 Å². The molecular weight excluding hydrogens is 288 g/mol. The predicted octanol–water partition coefficient (Wildman–Crippen LogP) is 5.36. The molecule has 106 valence electrons. The van der Waals surface area contributed by atoms with E-state index in [0.29, 0.717) is 4.77 Å². The van der Waals surface area contributed by atoms with Crippen molar-refractivity contribution in [3.05, 3.63) is 83.8 Å². The van der Waals surface area contributed by atoms with E-state index in [1.54, 1.807) is 0 Å². The predicted molar refractivity (Wildman–Crippen MR) is 93.9 cm³/mol. The zero-order chi connectivity index (χ0) is 14.9. The van der Waals surface area contributed by atoms with Gasteiger partial charge in [-0.2, -0.15) is 0 Å². The fraction of sp³-hybridized carbons (Fsp3) is 0. The number of fused-ring (bicyclic) bond motifs is 1. The summed E-state index contributed by atoms with van der Waals surface area (Å²) in [5.41, 5.74) is 3.26. The van der Waals surface area contributed by atoms with Gasteiger partial charge in [-0.05, 0) is 29.2 Å². The van der Waals surface area contributed by atoms with Gasteiger partial charge in [-0.15, -0.1) is 0 Å². The molecule has 0 spiro atoms. The third-order valence-corrected chi connectivity index (χ3v) is 4.13. The number of nitrogens with one attached hydrogen (secondary N) is 1. The Bertz CT molecular complexity index is 991. The summed E-state index contributed by atoms with van der Waals surface area (Å²) in [6.07, 6.45) is 2.07. The number of benzene rings is 3. The van der Waals surface area contributed by atoms with E-state index in [1.807, 2.05) is 22.8 Å². The van der Waals surface area contributed by atoms with Gasteiger partial charge in [0.1, 0.15) is 0 Å². The second-order valence-corrected chi connectivity index (χ2v) is 5.59. The quantitative estimate of drug-likeness (QED) is 0.495. The summed E-state index contributed by atoms with van der Waals surface area (Å²) >= 11 is 5.53. The van der Waals surface area contributed by atoms with Gasteiger partial charge in [0.25, 0.3) is 0 Å². The van der Waals surface area contributed by atoms with Crippen molar-refractivity contribution in [1.82, 2.24) is 9.55 Å². The minimum Gasteiger partial charge on any atom is -0.330 e.